The molecule has 2 nitrogen and oxygen atoms in total. The minimum Gasteiger partial charge on any atom is -0.496 e. The molecule has 1 aromatic carbocycles. The molecule has 0 bridgehead atoms. The van der Waals surface area contributed by atoms with Gasteiger partial charge in [-0.05, 0) is 35.8 Å². The molecule has 0 aromatic heterocycles. The number of methoxy groups -OCH3 is 1. The smallest absolute Gasteiger partial charge is 0.126 e. The van der Waals surface area contributed by atoms with Crippen molar-refractivity contribution in [2.75, 3.05) is 13.7 Å². The van der Waals surface area contributed by atoms with E-state index in [1.165, 1.54) is 16.7 Å². The molecule has 0 aliphatic carbocycles. The summed E-state index contributed by atoms with van der Waals surface area (Å²) in [6.45, 7) is 14.2. The first-order valence-corrected chi connectivity index (χ1v) is 7.53. The molecule has 2 N–H and O–H groups in total. The van der Waals surface area contributed by atoms with Crippen molar-refractivity contribution in [3.8, 4) is 5.75 Å². The minimum absolute atomic E-state index is 0.0735. The van der Waals surface area contributed by atoms with Crippen LogP contribution >= 0.6 is 0 Å². The quantitative estimate of drug-likeness (QED) is 0.896. The van der Waals surface area contributed by atoms with Crippen molar-refractivity contribution in [2.24, 2.45) is 5.73 Å². The van der Waals surface area contributed by atoms with Crippen LogP contribution in [0.1, 0.15) is 64.7 Å². The zero-order valence-electron chi connectivity index (χ0n) is 14.3. The Labute approximate surface area is 124 Å². The third-order valence-corrected chi connectivity index (χ3v) is 3.64. The molecule has 0 saturated heterocycles. The lowest BCUT2D eigenvalue weighted by Gasteiger charge is -2.30. The lowest BCUT2D eigenvalue weighted by atomic mass is 9.78. The Bertz CT molecular complexity index is 414. The van der Waals surface area contributed by atoms with Gasteiger partial charge >= 0.3 is 0 Å². The van der Waals surface area contributed by atoms with Crippen molar-refractivity contribution in [1.82, 2.24) is 0 Å². The van der Waals surface area contributed by atoms with E-state index in [0.717, 1.165) is 25.1 Å². The summed E-state index contributed by atoms with van der Waals surface area (Å²) in [6, 6.07) is 4.59. The number of ether oxygens (including phenoxy) is 1. The van der Waals surface area contributed by atoms with E-state index in [1.807, 2.05) is 0 Å². The summed E-state index contributed by atoms with van der Waals surface area (Å²) >= 11 is 0. The summed E-state index contributed by atoms with van der Waals surface area (Å²) in [5, 5.41) is 0. The molecule has 1 aromatic rings. The van der Waals surface area contributed by atoms with Crippen LogP contribution in [-0.2, 0) is 17.3 Å². The van der Waals surface area contributed by atoms with Crippen LogP contribution in [0.15, 0.2) is 12.1 Å². The zero-order chi connectivity index (χ0) is 15.6. The van der Waals surface area contributed by atoms with Gasteiger partial charge in [0.05, 0.1) is 7.11 Å². The first-order valence-electron chi connectivity index (χ1n) is 7.53. The van der Waals surface area contributed by atoms with E-state index < -0.39 is 0 Å². The topological polar surface area (TPSA) is 35.2 Å². The largest absolute Gasteiger partial charge is 0.496 e. The Hall–Kier alpha value is -1.02. The number of hydrogen-bond acceptors (Lipinski definition) is 2. The number of hydrogen-bond donors (Lipinski definition) is 1. The van der Waals surface area contributed by atoms with E-state index in [2.05, 4.69) is 53.7 Å². The highest BCUT2D eigenvalue weighted by Gasteiger charge is 2.27. The fraction of sp³-hybridized carbons (Fsp3) is 0.667. The van der Waals surface area contributed by atoms with Crippen molar-refractivity contribution in [3.63, 3.8) is 0 Å². The molecular formula is C18H31NO. The molecule has 0 unspecified atom stereocenters. The first-order chi connectivity index (χ1) is 9.11. The molecule has 0 radical (unpaired) electrons. The third kappa shape index (κ3) is 3.99. The SMILES string of the molecule is COc1c(C(C)(C)C)cc(CCCN)cc1C(C)(C)C. The summed E-state index contributed by atoms with van der Waals surface area (Å²) in [5.41, 5.74) is 9.75. The minimum atomic E-state index is 0.0735. The molecule has 0 aliphatic rings. The highest BCUT2D eigenvalue weighted by atomic mass is 16.5. The van der Waals surface area contributed by atoms with Gasteiger partial charge in [0, 0.05) is 11.1 Å². The van der Waals surface area contributed by atoms with Crippen LogP contribution in [0.2, 0.25) is 0 Å². The summed E-state index contributed by atoms with van der Waals surface area (Å²) in [5.74, 6) is 1.04. The predicted molar refractivity (Wildman–Crippen MR) is 87.8 cm³/mol. The van der Waals surface area contributed by atoms with Gasteiger partial charge in [0.25, 0.3) is 0 Å². The van der Waals surface area contributed by atoms with E-state index in [1.54, 1.807) is 7.11 Å². The molecule has 0 heterocycles. The van der Waals surface area contributed by atoms with Crippen LogP contribution in [0, 0.1) is 0 Å². The van der Waals surface area contributed by atoms with Gasteiger partial charge in [0.15, 0.2) is 0 Å². The second-order valence-electron chi connectivity index (χ2n) is 7.62. The fourth-order valence-corrected chi connectivity index (χ4v) is 2.47. The molecule has 114 valence electrons. The summed E-state index contributed by atoms with van der Waals surface area (Å²) in [6.07, 6.45) is 2.06. The number of rotatable bonds is 4. The highest BCUT2D eigenvalue weighted by molar-refractivity contribution is 5.50. The molecule has 0 aliphatic heterocycles. The zero-order valence-corrected chi connectivity index (χ0v) is 14.3. The Morgan fingerprint density at radius 3 is 1.70 bits per heavy atom. The molecule has 0 spiro atoms. The fourth-order valence-electron chi connectivity index (χ4n) is 2.47. The maximum atomic E-state index is 5.76. The van der Waals surface area contributed by atoms with Gasteiger partial charge in [0.2, 0.25) is 0 Å². The van der Waals surface area contributed by atoms with Gasteiger partial charge in [0.1, 0.15) is 5.75 Å². The van der Waals surface area contributed by atoms with Crippen LogP contribution < -0.4 is 10.5 Å². The van der Waals surface area contributed by atoms with E-state index in [0.29, 0.717) is 0 Å². The normalized spacial score (nSPS) is 12.6. The predicted octanol–water partition coefficient (Wildman–Crippen LogP) is 4.18. The lowest BCUT2D eigenvalue weighted by molar-refractivity contribution is 0.381. The van der Waals surface area contributed by atoms with E-state index >= 15 is 0 Å². The average molecular weight is 277 g/mol. The molecule has 2 heteroatoms. The molecule has 0 saturated carbocycles. The second-order valence-corrected chi connectivity index (χ2v) is 7.62. The van der Waals surface area contributed by atoms with Crippen molar-refractivity contribution in [2.45, 2.75) is 65.2 Å². The lowest BCUT2D eigenvalue weighted by Crippen LogP contribution is -2.20. The highest BCUT2D eigenvalue weighted by Crippen LogP contribution is 2.40. The second kappa shape index (κ2) is 6.17. The summed E-state index contributed by atoms with van der Waals surface area (Å²) in [7, 11) is 1.78. The van der Waals surface area contributed by atoms with Crippen molar-refractivity contribution in [3.05, 3.63) is 28.8 Å². The van der Waals surface area contributed by atoms with Crippen molar-refractivity contribution >= 4 is 0 Å². The molecule has 1 rings (SSSR count). The summed E-state index contributed by atoms with van der Waals surface area (Å²) in [4.78, 5) is 0. The first kappa shape index (κ1) is 17.0. The molecule has 0 atom stereocenters. The Balaban J connectivity index is 3.48. The molecule has 0 fully saturated rings. The van der Waals surface area contributed by atoms with Gasteiger partial charge < -0.3 is 10.5 Å². The van der Waals surface area contributed by atoms with Crippen molar-refractivity contribution in [1.29, 1.82) is 0 Å². The maximum Gasteiger partial charge on any atom is 0.126 e. The van der Waals surface area contributed by atoms with Gasteiger partial charge in [-0.3, -0.25) is 0 Å². The Morgan fingerprint density at radius 1 is 0.950 bits per heavy atom. The number of benzene rings is 1. The number of aryl methyl sites for hydroxylation is 1. The summed E-state index contributed by atoms with van der Waals surface area (Å²) < 4.78 is 5.76. The number of nitrogens with two attached hydrogens (primary N) is 1. The van der Waals surface area contributed by atoms with Gasteiger partial charge in [-0.1, -0.05) is 53.7 Å². The maximum absolute atomic E-state index is 5.76. The van der Waals surface area contributed by atoms with Crippen LogP contribution in [0.5, 0.6) is 5.75 Å². The average Bonchev–Trinajstić information content (AvgIpc) is 2.32. The van der Waals surface area contributed by atoms with E-state index in [9.17, 15) is 0 Å². The van der Waals surface area contributed by atoms with Crippen LogP contribution in [-0.4, -0.2) is 13.7 Å². The van der Waals surface area contributed by atoms with E-state index in [-0.39, 0.29) is 10.8 Å². The standard InChI is InChI=1S/C18H31NO/c1-17(2,3)14-11-13(9-8-10-19)12-15(16(14)20-7)18(4,5)6/h11-12H,8-10,19H2,1-7H3. The van der Waals surface area contributed by atoms with Gasteiger partial charge in [-0.2, -0.15) is 0 Å². The molecular weight excluding hydrogens is 246 g/mol. The van der Waals surface area contributed by atoms with Gasteiger partial charge in [-0.25, -0.2) is 0 Å². The molecule has 0 amide bonds. The van der Waals surface area contributed by atoms with Crippen molar-refractivity contribution < 1.29 is 4.74 Å². The monoisotopic (exact) mass is 277 g/mol. The van der Waals surface area contributed by atoms with Crippen LogP contribution in [0.3, 0.4) is 0 Å². The van der Waals surface area contributed by atoms with Crippen LogP contribution in [0.4, 0.5) is 0 Å². The Morgan fingerprint density at radius 2 is 1.40 bits per heavy atom. The van der Waals surface area contributed by atoms with E-state index in [4.69, 9.17) is 10.5 Å². The Kier molecular flexibility index (Phi) is 5.26. The van der Waals surface area contributed by atoms with Crippen LogP contribution in [0.25, 0.3) is 0 Å². The molecule has 20 heavy (non-hydrogen) atoms. The third-order valence-electron chi connectivity index (χ3n) is 3.64. The van der Waals surface area contributed by atoms with Gasteiger partial charge in [-0.15, -0.1) is 0 Å².